The number of aromatic nitrogens is 2. The van der Waals surface area contributed by atoms with Gasteiger partial charge in [-0.25, -0.2) is 9.59 Å². The predicted molar refractivity (Wildman–Crippen MR) is 80.9 cm³/mol. The molecule has 0 saturated heterocycles. The molecule has 0 atom stereocenters. The van der Waals surface area contributed by atoms with E-state index < -0.39 is 11.7 Å². The highest BCUT2D eigenvalue weighted by Gasteiger charge is 2.16. The largest absolute Gasteiger partial charge is 0.462 e. The number of rotatable bonds is 4. The van der Waals surface area contributed by atoms with Crippen molar-refractivity contribution in [1.29, 1.82) is 0 Å². The highest BCUT2D eigenvalue weighted by atomic mass is 16.5. The minimum Gasteiger partial charge on any atom is -0.462 e. The number of aromatic amines is 1. The number of benzene rings is 1. The molecule has 1 N–H and O–H groups in total. The second kappa shape index (κ2) is 6.65. The molecule has 5 nitrogen and oxygen atoms in total. The number of carbonyl (C=O) groups is 1. The summed E-state index contributed by atoms with van der Waals surface area (Å²) in [4.78, 5) is 29.9. The summed E-state index contributed by atoms with van der Waals surface area (Å²) in [7, 11) is 0. The number of esters is 1. The first-order chi connectivity index (χ1) is 10.1. The Kier molecular flexibility index (Phi) is 4.66. The fourth-order valence-corrected chi connectivity index (χ4v) is 1.93. The smallest absolute Gasteiger partial charge is 0.345 e. The molecule has 2 rings (SSSR count). The van der Waals surface area contributed by atoms with Crippen LogP contribution in [0.5, 0.6) is 0 Å². The van der Waals surface area contributed by atoms with E-state index in [2.05, 4.69) is 9.97 Å². The van der Waals surface area contributed by atoms with E-state index in [0.717, 1.165) is 5.56 Å². The van der Waals surface area contributed by atoms with Gasteiger partial charge in [-0.05, 0) is 25.5 Å². The molecule has 0 unspecified atom stereocenters. The van der Waals surface area contributed by atoms with Gasteiger partial charge in [-0.3, -0.25) is 0 Å². The molecule has 1 aromatic carbocycles. The number of carbonyl (C=O) groups excluding carboxylic acids is 1. The molecular weight excluding hydrogens is 268 g/mol. The fraction of sp³-hybridized carbons (Fsp3) is 0.188. The Bertz CT molecular complexity index is 718. The first-order valence-electron chi connectivity index (χ1n) is 6.63. The topological polar surface area (TPSA) is 72.0 Å². The lowest BCUT2D eigenvalue weighted by Crippen LogP contribution is -2.20. The fourth-order valence-electron chi connectivity index (χ4n) is 1.93. The number of aryl methyl sites for hydroxylation is 1. The van der Waals surface area contributed by atoms with E-state index in [4.69, 9.17) is 4.74 Å². The number of nitrogens with zero attached hydrogens (tertiary/aromatic N) is 1. The van der Waals surface area contributed by atoms with Gasteiger partial charge < -0.3 is 9.72 Å². The lowest BCUT2D eigenvalue weighted by atomic mass is 10.1. The molecule has 0 saturated carbocycles. The summed E-state index contributed by atoms with van der Waals surface area (Å²) >= 11 is 0. The van der Waals surface area contributed by atoms with Crippen LogP contribution in [0.4, 0.5) is 0 Å². The standard InChI is InChI=1S/C16H16N2O3/c1-3-21-15(19)14-11(2)17-16(20)18-13(14)10-9-12-7-5-4-6-8-12/h4-10H,3H2,1-2H3,(H,17,18,20)/b10-9+. The van der Waals surface area contributed by atoms with E-state index in [0.29, 0.717) is 11.4 Å². The zero-order valence-corrected chi connectivity index (χ0v) is 11.9. The Hall–Kier alpha value is -2.69. The molecule has 0 bridgehead atoms. The molecule has 0 fully saturated rings. The summed E-state index contributed by atoms with van der Waals surface area (Å²) in [5.74, 6) is -0.494. The Balaban J connectivity index is 2.44. The zero-order chi connectivity index (χ0) is 15.2. The van der Waals surface area contributed by atoms with Crippen molar-refractivity contribution < 1.29 is 9.53 Å². The Morgan fingerprint density at radius 3 is 2.67 bits per heavy atom. The molecule has 108 valence electrons. The van der Waals surface area contributed by atoms with Crippen LogP contribution < -0.4 is 5.69 Å². The van der Waals surface area contributed by atoms with Crippen molar-refractivity contribution in [3.05, 3.63) is 63.3 Å². The van der Waals surface area contributed by atoms with Crippen LogP contribution in [0.15, 0.2) is 35.1 Å². The van der Waals surface area contributed by atoms with Crippen LogP contribution in [0.25, 0.3) is 12.2 Å². The van der Waals surface area contributed by atoms with E-state index in [1.165, 1.54) is 0 Å². The summed E-state index contributed by atoms with van der Waals surface area (Å²) < 4.78 is 5.01. The van der Waals surface area contributed by atoms with Crippen LogP contribution in [0.1, 0.15) is 34.2 Å². The minimum absolute atomic E-state index is 0.263. The quantitative estimate of drug-likeness (QED) is 0.875. The van der Waals surface area contributed by atoms with Gasteiger partial charge in [-0.1, -0.05) is 36.4 Å². The van der Waals surface area contributed by atoms with Crippen LogP contribution in [-0.2, 0) is 4.74 Å². The van der Waals surface area contributed by atoms with E-state index in [-0.39, 0.29) is 12.2 Å². The number of nitrogens with one attached hydrogen (secondary N) is 1. The van der Waals surface area contributed by atoms with Gasteiger partial charge in [0.25, 0.3) is 0 Å². The maximum atomic E-state index is 12.0. The number of hydrogen-bond acceptors (Lipinski definition) is 4. The molecule has 1 aromatic heterocycles. The molecule has 0 amide bonds. The van der Waals surface area contributed by atoms with Crippen LogP contribution in [0, 0.1) is 6.92 Å². The normalized spacial score (nSPS) is 10.8. The van der Waals surface area contributed by atoms with Gasteiger partial charge in [0.05, 0.1) is 12.3 Å². The van der Waals surface area contributed by atoms with Crippen molar-refractivity contribution in [2.24, 2.45) is 0 Å². The number of hydrogen-bond donors (Lipinski definition) is 1. The molecule has 5 heteroatoms. The van der Waals surface area contributed by atoms with Gasteiger partial charge in [-0.15, -0.1) is 0 Å². The third-order valence-electron chi connectivity index (χ3n) is 2.86. The summed E-state index contributed by atoms with van der Waals surface area (Å²) in [5, 5.41) is 0. The number of H-pyrrole nitrogens is 1. The maximum Gasteiger partial charge on any atom is 0.345 e. The molecule has 2 aromatic rings. The molecule has 0 aliphatic rings. The zero-order valence-electron chi connectivity index (χ0n) is 11.9. The van der Waals surface area contributed by atoms with E-state index in [1.54, 1.807) is 26.0 Å². The third kappa shape index (κ3) is 3.66. The Labute approximate surface area is 122 Å². The molecule has 0 radical (unpaired) electrons. The average molecular weight is 284 g/mol. The lowest BCUT2D eigenvalue weighted by Gasteiger charge is -2.07. The predicted octanol–water partition coefficient (Wildman–Crippen LogP) is 2.43. The van der Waals surface area contributed by atoms with Crippen molar-refractivity contribution in [2.45, 2.75) is 13.8 Å². The average Bonchev–Trinajstić information content (AvgIpc) is 2.45. The summed E-state index contributed by atoms with van der Waals surface area (Å²) in [5.41, 5.74) is 1.49. The second-order valence-corrected chi connectivity index (χ2v) is 4.39. The summed E-state index contributed by atoms with van der Waals surface area (Å²) in [6.45, 7) is 3.64. The SMILES string of the molecule is CCOC(=O)c1c(/C=C/c2ccccc2)nc(=O)[nH]c1C. The van der Waals surface area contributed by atoms with E-state index in [1.807, 2.05) is 30.3 Å². The molecule has 0 aliphatic carbocycles. The molecule has 0 spiro atoms. The van der Waals surface area contributed by atoms with Crippen LogP contribution in [-0.4, -0.2) is 22.5 Å². The van der Waals surface area contributed by atoms with Gasteiger partial charge in [0, 0.05) is 5.69 Å². The Morgan fingerprint density at radius 1 is 1.29 bits per heavy atom. The second-order valence-electron chi connectivity index (χ2n) is 4.39. The summed E-state index contributed by atoms with van der Waals surface area (Å²) in [6.07, 6.45) is 3.44. The van der Waals surface area contributed by atoms with Gasteiger partial charge in [-0.2, -0.15) is 4.98 Å². The van der Waals surface area contributed by atoms with Gasteiger partial charge in [0.15, 0.2) is 0 Å². The van der Waals surface area contributed by atoms with Crippen molar-refractivity contribution in [2.75, 3.05) is 6.61 Å². The summed E-state index contributed by atoms with van der Waals surface area (Å²) in [6, 6.07) is 9.56. The highest BCUT2D eigenvalue weighted by Crippen LogP contribution is 2.13. The third-order valence-corrected chi connectivity index (χ3v) is 2.86. The van der Waals surface area contributed by atoms with Crippen LogP contribution in [0.2, 0.25) is 0 Å². The molecule has 0 aliphatic heterocycles. The highest BCUT2D eigenvalue weighted by molar-refractivity contribution is 5.95. The van der Waals surface area contributed by atoms with Gasteiger partial charge in [0.2, 0.25) is 0 Å². The van der Waals surface area contributed by atoms with Gasteiger partial charge >= 0.3 is 11.7 Å². The lowest BCUT2D eigenvalue weighted by molar-refractivity contribution is 0.0524. The number of ether oxygens (including phenoxy) is 1. The van der Waals surface area contributed by atoms with E-state index in [9.17, 15) is 9.59 Å². The minimum atomic E-state index is -0.494. The monoisotopic (exact) mass is 284 g/mol. The van der Waals surface area contributed by atoms with Crippen molar-refractivity contribution >= 4 is 18.1 Å². The maximum absolute atomic E-state index is 12.0. The Morgan fingerprint density at radius 2 is 2.00 bits per heavy atom. The van der Waals surface area contributed by atoms with Crippen molar-refractivity contribution in [3.63, 3.8) is 0 Å². The molecular formula is C16H16N2O3. The van der Waals surface area contributed by atoms with E-state index >= 15 is 0 Å². The molecule has 1 heterocycles. The van der Waals surface area contributed by atoms with Crippen molar-refractivity contribution in [3.8, 4) is 0 Å². The van der Waals surface area contributed by atoms with Crippen LogP contribution >= 0.6 is 0 Å². The first kappa shape index (κ1) is 14.7. The van der Waals surface area contributed by atoms with Crippen LogP contribution in [0.3, 0.4) is 0 Å². The van der Waals surface area contributed by atoms with Gasteiger partial charge in [0.1, 0.15) is 5.56 Å². The first-order valence-corrected chi connectivity index (χ1v) is 6.63. The van der Waals surface area contributed by atoms with Crippen molar-refractivity contribution in [1.82, 2.24) is 9.97 Å². The molecule has 21 heavy (non-hydrogen) atoms.